The Morgan fingerprint density at radius 1 is 1.15 bits per heavy atom. The molecule has 3 N–H and O–H groups in total. The number of nitriles is 1. The monoisotopic (exact) mass is 463 g/mol. The lowest BCUT2D eigenvalue weighted by atomic mass is 9.92. The van der Waals surface area contributed by atoms with Crippen LogP contribution in [-0.2, 0) is 14.1 Å². The molecule has 9 nitrogen and oxygen atoms in total. The number of nitrogens with zero attached hydrogens (tertiary/aromatic N) is 6. The van der Waals surface area contributed by atoms with Crippen LogP contribution >= 0.6 is 0 Å². The lowest BCUT2D eigenvalue weighted by Gasteiger charge is -2.22. The quantitative estimate of drug-likeness (QED) is 0.410. The molecule has 172 valence electrons. The van der Waals surface area contributed by atoms with Crippen molar-refractivity contribution in [2.24, 2.45) is 14.1 Å². The highest BCUT2D eigenvalue weighted by atomic mass is 19.1. The van der Waals surface area contributed by atoms with Gasteiger partial charge in [0.05, 0.1) is 5.69 Å². The zero-order valence-electron chi connectivity index (χ0n) is 18.4. The summed E-state index contributed by atoms with van der Waals surface area (Å²) in [5, 5.41) is 29.9. The molecule has 4 heterocycles. The van der Waals surface area contributed by atoms with Crippen molar-refractivity contribution in [3.05, 3.63) is 64.7 Å². The molecule has 1 aromatic carbocycles. The normalized spacial score (nSPS) is 16.9. The minimum atomic E-state index is -1.35. The fourth-order valence-electron chi connectivity index (χ4n) is 4.37. The maximum absolute atomic E-state index is 15.3. The van der Waals surface area contributed by atoms with Gasteiger partial charge in [-0.15, -0.1) is 0 Å². The number of nitrogens with two attached hydrogens (primary N) is 1. The van der Waals surface area contributed by atoms with Crippen LogP contribution in [0.5, 0.6) is 5.75 Å². The van der Waals surface area contributed by atoms with Crippen molar-refractivity contribution >= 4 is 5.82 Å². The average Bonchev–Trinajstić information content (AvgIpc) is 3.33. The van der Waals surface area contributed by atoms with Crippen LogP contribution in [0.4, 0.5) is 14.6 Å². The molecule has 2 bridgehead atoms. The summed E-state index contributed by atoms with van der Waals surface area (Å²) in [5.74, 6) is -1.45. The summed E-state index contributed by atoms with van der Waals surface area (Å²) in [4.78, 5) is 4.17. The number of hydrogen-bond acceptors (Lipinski definition) is 7. The number of nitrogen functional groups attached to an aromatic ring is 1. The Labute approximate surface area is 192 Å². The molecule has 34 heavy (non-hydrogen) atoms. The fourth-order valence-corrected chi connectivity index (χ4v) is 4.37. The lowest BCUT2D eigenvalue weighted by molar-refractivity contribution is 0.210. The number of halogens is 2. The third-order valence-corrected chi connectivity index (χ3v) is 5.84. The minimum absolute atomic E-state index is 0.0176. The van der Waals surface area contributed by atoms with Crippen molar-refractivity contribution in [2.75, 3.05) is 5.73 Å². The smallest absolute Gasteiger partial charge is 0.170 e. The first-order valence-electron chi connectivity index (χ1n) is 10.3. The molecule has 2 atom stereocenters. The number of aliphatic hydroxyl groups is 1. The number of fused-ring (bicyclic) bond motifs is 7. The van der Waals surface area contributed by atoms with Crippen molar-refractivity contribution < 1.29 is 18.6 Å². The van der Waals surface area contributed by atoms with E-state index in [1.165, 1.54) is 15.6 Å². The molecular formula is C23H19F2N7O2. The van der Waals surface area contributed by atoms with Gasteiger partial charge in [0, 0.05) is 60.4 Å². The van der Waals surface area contributed by atoms with Crippen LogP contribution in [0.15, 0.2) is 30.6 Å². The van der Waals surface area contributed by atoms with E-state index in [1.54, 1.807) is 33.3 Å². The Hall–Kier alpha value is -4.30. The first kappa shape index (κ1) is 21.5. The Balaban J connectivity index is 1.92. The number of benzene rings is 1. The molecule has 0 saturated carbocycles. The van der Waals surface area contributed by atoms with Gasteiger partial charge < -0.3 is 15.6 Å². The summed E-state index contributed by atoms with van der Waals surface area (Å²) in [6, 6.07) is 5.51. The van der Waals surface area contributed by atoms with Crippen molar-refractivity contribution in [1.29, 1.82) is 5.26 Å². The maximum atomic E-state index is 15.3. The highest BCUT2D eigenvalue weighted by Crippen LogP contribution is 2.43. The van der Waals surface area contributed by atoms with Crippen LogP contribution in [0.1, 0.15) is 41.6 Å². The van der Waals surface area contributed by atoms with Crippen LogP contribution in [0.3, 0.4) is 0 Å². The number of aromatic nitrogens is 5. The number of anilines is 1. The topological polar surface area (TPSA) is 128 Å². The predicted molar refractivity (Wildman–Crippen MR) is 117 cm³/mol. The number of hydrogen-bond donors (Lipinski definition) is 2. The molecule has 1 aliphatic heterocycles. The van der Waals surface area contributed by atoms with Gasteiger partial charge in [0.15, 0.2) is 17.3 Å². The second-order valence-corrected chi connectivity index (χ2v) is 8.07. The Morgan fingerprint density at radius 2 is 1.91 bits per heavy atom. The van der Waals surface area contributed by atoms with Gasteiger partial charge in [-0.3, -0.25) is 9.36 Å². The van der Waals surface area contributed by atoms with Gasteiger partial charge >= 0.3 is 0 Å². The fraction of sp³-hybridized carbons (Fsp3) is 0.217. The molecule has 1 unspecified atom stereocenters. The van der Waals surface area contributed by atoms with E-state index in [-0.39, 0.29) is 45.3 Å². The lowest BCUT2D eigenvalue weighted by Crippen LogP contribution is -2.13. The Bertz CT molecular complexity index is 1500. The Kier molecular flexibility index (Phi) is 4.84. The number of rotatable bonds is 0. The zero-order valence-corrected chi connectivity index (χ0v) is 18.4. The van der Waals surface area contributed by atoms with Gasteiger partial charge in [-0.25, -0.2) is 13.8 Å². The van der Waals surface area contributed by atoms with E-state index < -0.39 is 23.8 Å². The number of aryl methyl sites for hydroxylation is 2. The van der Waals surface area contributed by atoms with Crippen LogP contribution in [0.2, 0.25) is 0 Å². The van der Waals surface area contributed by atoms with E-state index in [0.717, 1.165) is 12.1 Å². The van der Waals surface area contributed by atoms with Gasteiger partial charge in [-0.2, -0.15) is 15.5 Å². The first-order valence-corrected chi connectivity index (χ1v) is 10.3. The van der Waals surface area contributed by atoms with Gasteiger partial charge in [0.25, 0.3) is 0 Å². The number of aliphatic hydroxyl groups excluding tert-OH is 1. The summed E-state index contributed by atoms with van der Waals surface area (Å²) in [7, 11) is 3.20. The van der Waals surface area contributed by atoms with Crippen LogP contribution < -0.4 is 10.5 Å². The van der Waals surface area contributed by atoms with Crippen LogP contribution in [0.25, 0.3) is 22.4 Å². The standard InChI is InChI=1S/C23H19F2N7O2/c1-10-13-5-12(24)6-15(25)19(13)20-14(9-31(2)30-20)22(33)21-18(16(7-26)29-32(21)3)11-4-17(34-10)23(27)28-8-11/h4-6,8-10,22,33H,1-3H3,(H2,27,28)/t10-,22?/m1/s1. The molecule has 1 aliphatic rings. The van der Waals surface area contributed by atoms with Gasteiger partial charge in [0.1, 0.15) is 35.6 Å². The van der Waals surface area contributed by atoms with E-state index in [1.807, 2.05) is 6.07 Å². The third-order valence-electron chi connectivity index (χ3n) is 5.84. The second-order valence-electron chi connectivity index (χ2n) is 8.07. The SMILES string of the molecule is C[C@H]1Oc2cc(cnc2N)-c2c(C#N)nn(C)c2C(O)c2cn(C)nc2-c2c(F)cc(F)cc21. The summed E-state index contributed by atoms with van der Waals surface area (Å²) in [6.45, 7) is 1.62. The van der Waals surface area contributed by atoms with Crippen LogP contribution in [0, 0.1) is 23.0 Å². The summed E-state index contributed by atoms with van der Waals surface area (Å²) < 4.78 is 38.3. The van der Waals surface area contributed by atoms with Crippen molar-refractivity contribution in [2.45, 2.75) is 19.1 Å². The maximum Gasteiger partial charge on any atom is 0.170 e. The van der Waals surface area contributed by atoms with E-state index in [0.29, 0.717) is 11.1 Å². The highest BCUT2D eigenvalue weighted by molar-refractivity contribution is 5.76. The van der Waals surface area contributed by atoms with E-state index in [2.05, 4.69) is 15.2 Å². The predicted octanol–water partition coefficient (Wildman–Crippen LogP) is 3.15. The number of pyridine rings is 1. The molecule has 11 heteroatoms. The van der Waals surface area contributed by atoms with E-state index in [4.69, 9.17) is 10.5 Å². The van der Waals surface area contributed by atoms with Gasteiger partial charge in [0.2, 0.25) is 0 Å². The van der Waals surface area contributed by atoms with Crippen molar-refractivity contribution in [3.63, 3.8) is 0 Å². The summed E-state index contributed by atoms with van der Waals surface area (Å²) >= 11 is 0. The average molecular weight is 463 g/mol. The largest absolute Gasteiger partial charge is 0.482 e. The van der Waals surface area contributed by atoms with Gasteiger partial charge in [-0.1, -0.05) is 0 Å². The molecular weight excluding hydrogens is 444 g/mol. The van der Waals surface area contributed by atoms with Gasteiger partial charge in [-0.05, 0) is 19.1 Å². The van der Waals surface area contributed by atoms with E-state index in [9.17, 15) is 14.8 Å². The third kappa shape index (κ3) is 3.19. The highest BCUT2D eigenvalue weighted by Gasteiger charge is 2.32. The van der Waals surface area contributed by atoms with Crippen molar-refractivity contribution in [1.82, 2.24) is 24.5 Å². The molecule has 0 aliphatic carbocycles. The molecule has 0 amide bonds. The second kappa shape index (κ2) is 7.64. The number of ether oxygens (including phenoxy) is 1. The molecule has 0 fully saturated rings. The Morgan fingerprint density at radius 3 is 2.65 bits per heavy atom. The first-order chi connectivity index (χ1) is 16.2. The zero-order chi connectivity index (χ0) is 24.3. The van der Waals surface area contributed by atoms with Crippen LogP contribution in [-0.4, -0.2) is 29.7 Å². The molecule has 0 spiro atoms. The molecule has 4 aromatic rings. The summed E-state index contributed by atoms with van der Waals surface area (Å²) in [5.41, 5.74) is 7.63. The summed E-state index contributed by atoms with van der Waals surface area (Å²) in [6.07, 6.45) is 0.769. The molecule has 3 aromatic heterocycles. The molecule has 0 saturated heterocycles. The van der Waals surface area contributed by atoms with Crippen molar-refractivity contribution in [3.8, 4) is 34.2 Å². The molecule has 0 radical (unpaired) electrons. The van der Waals surface area contributed by atoms with E-state index >= 15 is 4.39 Å². The minimum Gasteiger partial charge on any atom is -0.482 e. The molecule has 5 rings (SSSR count).